The number of fused-ring (bicyclic) bond motifs is 3. The molecule has 0 fully saturated rings. The summed E-state index contributed by atoms with van der Waals surface area (Å²) in [6.45, 7) is 2.18. The molecule has 0 N–H and O–H groups in total. The molecule has 0 atom stereocenters. The lowest BCUT2D eigenvalue weighted by molar-refractivity contribution is 0.270. The van der Waals surface area contributed by atoms with Crippen LogP contribution >= 0.6 is 34.0 Å². The summed E-state index contributed by atoms with van der Waals surface area (Å²) >= 11 is 5.07. The Kier molecular flexibility index (Phi) is 12.5. The number of para-hydroxylation sites is 3. The molecule has 18 heteroatoms. The molecule has 15 nitrogen and oxygen atoms in total. The van der Waals surface area contributed by atoms with Crippen LogP contribution in [-0.2, 0) is 39.5 Å². The number of rotatable bonds is 18. The summed E-state index contributed by atoms with van der Waals surface area (Å²) in [5.41, 5.74) is 11.6. The van der Waals surface area contributed by atoms with E-state index >= 15 is 0 Å². The van der Waals surface area contributed by atoms with Crippen molar-refractivity contribution in [3.8, 4) is 49.0 Å². The summed E-state index contributed by atoms with van der Waals surface area (Å²) in [5, 5.41) is 29.4. The highest BCUT2D eigenvalue weighted by Gasteiger charge is 2.14. The third kappa shape index (κ3) is 10.6. The summed E-state index contributed by atoms with van der Waals surface area (Å²) < 4.78 is 27.9. The third-order valence-electron chi connectivity index (χ3n) is 12.3. The molecule has 7 aromatic carbocycles. The zero-order chi connectivity index (χ0) is 49.9. The van der Waals surface area contributed by atoms with Crippen molar-refractivity contribution in [3.63, 3.8) is 0 Å². The van der Waals surface area contributed by atoms with Crippen LogP contribution in [0.2, 0.25) is 0 Å². The van der Waals surface area contributed by atoms with Crippen molar-refractivity contribution in [2.45, 2.75) is 39.5 Å². The fourth-order valence-corrected chi connectivity index (χ4v) is 11.4. The minimum absolute atomic E-state index is 0.172. The van der Waals surface area contributed by atoms with Gasteiger partial charge in [0, 0.05) is 34.9 Å². The molecule has 13 rings (SSSR count). The van der Waals surface area contributed by atoms with Crippen LogP contribution in [-0.4, -0.2) is 59.9 Å². The van der Waals surface area contributed by atoms with Crippen molar-refractivity contribution in [1.82, 2.24) is 59.9 Å². The minimum atomic E-state index is 0.172. The van der Waals surface area contributed by atoms with Gasteiger partial charge in [0.1, 0.15) is 69.2 Å². The molecule has 0 radical (unpaired) electrons. The van der Waals surface area contributed by atoms with Crippen LogP contribution in [0.15, 0.2) is 182 Å². The van der Waals surface area contributed by atoms with Crippen molar-refractivity contribution in [1.29, 1.82) is 0 Å². The highest BCUT2D eigenvalue weighted by Crippen LogP contribution is 2.34. The predicted octanol–water partition coefficient (Wildman–Crippen LogP) is 12.2. The Morgan fingerprint density at radius 3 is 0.933 bits per heavy atom. The summed E-state index contributed by atoms with van der Waals surface area (Å²) in [5.74, 6) is 1.58. The number of benzene rings is 7. The standard InChI is InChI=1S/C57H42N12O3S3/c1-4-10-52-49(7-1)58-55(73-52)40-19-13-37(14-20-40)28-67-31-43(61-64-67)34-70-46-25-47(71-35-44-32-68(65-62-44)29-38-15-21-41(22-16-38)56-59-50-8-2-5-11-53(50)74-56)27-48(26-46)72-36-45-33-69(66-63-45)30-39-17-23-42(24-18-39)57-60-51-9-3-6-12-54(51)75-57/h1-27,31-33H,28-30,34-36H2. The van der Waals surface area contributed by atoms with Gasteiger partial charge in [0.15, 0.2) is 0 Å². The van der Waals surface area contributed by atoms with Crippen LogP contribution in [0.4, 0.5) is 0 Å². The first-order chi connectivity index (χ1) is 37.0. The SMILES string of the molecule is c1ccc2sc(-c3ccc(Cn4cc(COc5cc(OCc6cn(Cc7ccc(-c8nc9ccccc9s8)cc7)nn6)cc(OCc6cn(Cc7ccc(-c8nc9ccccc9s8)cc7)nn6)c5)nn4)cc3)nc2c1. The molecule has 366 valence electrons. The van der Waals surface area contributed by atoms with E-state index in [1.807, 2.05) is 91.4 Å². The van der Waals surface area contributed by atoms with Gasteiger partial charge in [0.25, 0.3) is 0 Å². The molecule has 0 spiro atoms. The van der Waals surface area contributed by atoms with Crippen molar-refractivity contribution in [2.24, 2.45) is 0 Å². The molecule has 0 aliphatic heterocycles. The topological polar surface area (TPSA) is 158 Å². The molecular formula is C57H42N12O3S3. The second kappa shape index (κ2) is 20.5. The van der Waals surface area contributed by atoms with Crippen LogP contribution in [0.3, 0.4) is 0 Å². The Hall–Kier alpha value is -8.97. The van der Waals surface area contributed by atoms with E-state index in [0.717, 1.165) is 65.0 Å². The van der Waals surface area contributed by atoms with Gasteiger partial charge in [0.05, 0.1) is 68.9 Å². The van der Waals surface area contributed by atoms with E-state index < -0.39 is 0 Å². The Labute approximate surface area is 440 Å². The van der Waals surface area contributed by atoms with Crippen LogP contribution in [0.1, 0.15) is 33.8 Å². The van der Waals surface area contributed by atoms with Crippen molar-refractivity contribution >= 4 is 64.7 Å². The smallest absolute Gasteiger partial charge is 0.134 e. The molecule has 0 amide bonds. The molecule has 0 bridgehead atoms. The monoisotopic (exact) mass is 1040 g/mol. The lowest BCUT2D eigenvalue weighted by Gasteiger charge is -2.12. The molecule has 0 unspecified atom stereocenters. The lowest BCUT2D eigenvalue weighted by Crippen LogP contribution is -2.02. The van der Waals surface area contributed by atoms with Gasteiger partial charge >= 0.3 is 0 Å². The predicted molar refractivity (Wildman–Crippen MR) is 292 cm³/mol. The number of nitrogens with zero attached hydrogens (tertiary/aromatic N) is 12. The molecule has 0 aliphatic rings. The maximum absolute atomic E-state index is 6.32. The van der Waals surface area contributed by atoms with Gasteiger partial charge in [0.2, 0.25) is 0 Å². The quantitative estimate of drug-likeness (QED) is 0.0802. The van der Waals surface area contributed by atoms with E-state index in [2.05, 4.69) is 122 Å². The molecular weight excluding hydrogens is 997 g/mol. The highest BCUT2D eigenvalue weighted by molar-refractivity contribution is 7.22. The van der Waals surface area contributed by atoms with Gasteiger partial charge in [-0.3, -0.25) is 0 Å². The maximum Gasteiger partial charge on any atom is 0.134 e. The fraction of sp³-hybridized carbons (Fsp3) is 0.105. The van der Waals surface area contributed by atoms with Crippen LogP contribution in [0.5, 0.6) is 17.2 Å². The molecule has 75 heavy (non-hydrogen) atoms. The van der Waals surface area contributed by atoms with Gasteiger partial charge in [-0.1, -0.05) is 125 Å². The fourth-order valence-electron chi connectivity index (χ4n) is 8.52. The van der Waals surface area contributed by atoms with Gasteiger partial charge < -0.3 is 14.2 Å². The van der Waals surface area contributed by atoms with Crippen molar-refractivity contribution < 1.29 is 14.2 Å². The zero-order valence-corrected chi connectivity index (χ0v) is 42.3. The summed E-state index contributed by atoms with van der Waals surface area (Å²) in [6, 6.07) is 55.2. The van der Waals surface area contributed by atoms with Crippen molar-refractivity contribution in [3.05, 3.63) is 216 Å². The summed E-state index contributed by atoms with van der Waals surface area (Å²) in [6.07, 6.45) is 5.67. The van der Waals surface area contributed by atoms with Crippen LogP contribution in [0.25, 0.3) is 62.4 Å². The first kappa shape index (κ1) is 45.9. The number of hydrogen-bond donors (Lipinski definition) is 0. The number of thiazole rings is 3. The second-order valence-corrected chi connectivity index (χ2v) is 20.9. The first-order valence-corrected chi connectivity index (χ1v) is 26.5. The van der Waals surface area contributed by atoms with E-state index in [9.17, 15) is 0 Å². The Morgan fingerprint density at radius 2 is 0.640 bits per heavy atom. The molecule has 13 aromatic rings. The van der Waals surface area contributed by atoms with E-state index in [1.165, 1.54) is 14.1 Å². The van der Waals surface area contributed by atoms with Gasteiger partial charge in [-0.05, 0) is 53.1 Å². The molecule has 0 saturated heterocycles. The van der Waals surface area contributed by atoms with Crippen LogP contribution < -0.4 is 14.2 Å². The average molecular weight is 1040 g/mol. The third-order valence-corrected chi connectivity index (χ3v) is 15.5. The van der Waals surface area contributed by atoms with Gasteiger partial charge in [-0.15, -0.1) is 49.3 Å². The summed E-state index contributed by atoms with van der Waals surface area (Å²) in [4.78, 5) is 14.4. The summed E-state index contributed by atoms with van der Waals surface area (Å²) in [7, 11) is 0. The minimum Gasteiger partial charge on any atom is -0.487 e. The normalized spacial score (nSPS) is 11.5. The molecule has 0 saturated carbocycles. The largest absolute Gasteiger partial charge is 0.487 e. The Balaban J connectivity index is 0.664. The Morgan fingerprint density at radius 1 is 0.347 bits per heavy atom. The molecule has 6 heterocycles. The highest BCUT2D eigenvalue weighted by atomic mass is 32.1. The van der Waals surface area contributed by atoms with E-state index in [-0.39, 0.29) is 19.8 Å². The lowest BCUT2D eigenvalue weighted by atomic mass is 10.1. The zero-order valence-electron chi connectivity index (χ0n) is 39.9. The first-order valence-electron chi connectivity index (χ1n) is 24.1. The number of hydrogen-bond acceptors (Lipinski definition) is 15. The number of ether oxygens (including phenoxy) is 3. The maximum atomic E-state index is 6.32. The van der Waals surface area contributed by atoms with Crippen LogP contribution in [0, 0.1) is 0 Å². The van der Waals surface area contributed by atoms with E-state index in [4.69, 9.17) is 29.2 Å². The second-order valence-electron chi connectivity index (χ2n) is 17.8. The van der Waals surface area contributed by atoms with Gasteiger partial charge in [-0.2, -0.15) is 0 Å². The average Bonchev–Trinajstić information content (AvgIpc) is 4.33. The Bertz CT molecular complexity index is 3560. The molecule has 0 aliphatic carbocycles. The number of aromatic nitrogens is 12. The van der Waals surface area contributed by atoms with Crippen molar-refractivity contribution in [2.75, 3.05) is 0 Å². The van der Waals surface area contributed by atoms with E-state index in [0.29, 0.717) is 54.0 Å². The molecule has 6 aromatic heterocycles. The van der Waals surface area contributed by atoms with E-state index in [1.54, 1.807) is 48.1 Å². The van der Waals surface area contributed by atoms with Gasteiger partial charge in [-0.25, -0.2) is 29.0 Å².